The number of hydrogen-bond acceptors (Lipinski definition) is 8. The van der Waals surface area contributed by atoms with Gasteiger partial charge in [0, 0.05) is 10.9 Å². The number of anilines is 1. The molecule has 3 amide bonds. The third-order valence-corrected chi connectivity index (χ3v) is 8.05. The topological polar surface area (TPSA) is 141 Å². The van der Waals surface area contributed by atoms with Crippen molar-refractivity contribution in [3.8, 4) is 5.75 Å². The lowest BCUT2D eigenvalue weighted by Crippen LogP contribution is -2.46. The van der Waals surface area contributed by atoms with Crippen molar-refractivity contribution in [2.45, 2.75) is 57.7 Å². The standard InChI is InChI=1S/C26H31N5O4S2/c1-2-35-18-12-10-16(11-13-18)22(25(33)29-17-7-4-3-5-8-17)31(15-19-9-6-14-36-19)26(34)23-20(27)21(24(28)32)30-37-23/h6,9-14,17,22H,2-5,7-8,15,27H2,1H3,(H2,28,32)(H,29,33)/t22-/m0/s1. The lowest BCUT2D eigenvalue weighted by atomic mass is 9.94. The molecule has 9 nitrogen and oxygen atoms in total. The van der Waals surface area contributed by atoms with Crippen LogP contribution in [-0.4, -0.2) is 39.6 Å². The van der Waals surface area contributed by atoms with Gasteiger partial charge in [-0.05, 0) is 60.4 Å². The van der Waals surface area contributed by atoms with Crippen LogP contribution in [0.2, 0.25) is 0 Å². The smallest absolute Gasteiger partial charge is 0.270 e. The molecule has 196 valence electrons. The Morgan fingerprint density at radius 2 is 1.89 bits per heavy atom. The number of benzene rings is 1. The zero-order chi connectivity index (χ0) is 26.4. The molecule has 0 spiro atoms. The Morgan fingerprint density at radius 3 is 2.49 bits per heavy atom. The molecule has 2 heterocycles. The van der Waals surface area contributed by atoms with Crippen molar-refractivity contribution < 1.29 is 19.1 Å². The summed E-state index contributed by atoms with van der Waals surface area (Å²) in [6.45, 7) is 2.59. The Kier molecular flexibility index (Phi) is 8.78. The van der Waals surface area contributed by atoms with Crippen molar-refractivity contribution in [3.63, 3.8) is 0 Å². The van der Waals surface area contributed by atoms with Gasteiger partial charge >= 0.3 is 0 Å². The maximum Gasteiger partial charge on any atom is 0.270 e. The predicted octanol–water partition coefficient (Wildman–Crippen LogP) is 4.12. The summed E-state index contributed by atoms with van der Waals surface area (Å²) in [7, 11) is 0. The summed E-state index contributed by atoms with van der Waals surface area (Å²) < 4.78 is 9.58. The Labute approximate surface area is 224 Å². The van der Waals surface area contributed by atoms with Crippen molar-refractivity contribution in [2.24, 2.45) is 5.73 Å². The van der Waals surface area contributed by atoms with Crippen LogP contribution < -0.4 is 21.5 Å². The fourth-order valence-corrected chi connectivity index (χ4v) is 5.99. The molecule has 1 aliphatic carbocycles. The lowest BCUT2D eigenvalue weighted by Gasteiger charge is -2.33. The second-order valence-electron chi connectivity index (χ2n) is 8.90. The summed E-state index contributed by atoms with van der Waals surface area (Å²) >= 11 is 2.29. The average molecular weight is 542 g/mol. The SMILES string of the molecule is CCOc1ccc([C@@H](C(=O)NC2CCCCC2)N(Cc2cccs2)C(=O)c2snc(C(N)=O)c2N)cc1. The van der Waals surface area contributed by atoms with Crippen LogP contribution in [0.25, 0.3) is 0 Å². The van der Waals surface area contributed by atoms with Crippen LogP contribution in [0.1, 0.15) is 75.7 Å². The third-order valence-electron chi connectivity index (χ3n) is 6.34. The van der Waals surface area contributed by atoms with Crippen molar-refractivity contribution in [3.05, 3.63) is 62.8 Å². The van der Waals surface area contributed by atoms with Gasteiger partial charge in [0.2, 0.25) is 5.91 Å². The van der Waals surface area contributed by atoms with E-state index in [0.29, 0.717) is 17.9 Å². The first-order chi connectivity index (χ1) is 17.9. The molecule has 0 aliphatic heterocycles. The van der Waals surface area contributed by atoms with E-state index >= 15 is 0 Å². The van der Waals surface area contributed by atoms with E-state index in [0.717, 1.165) is 48.5 Å². The number of nitrogens with one attached hydrogen (secondary N) is 1. The Balaban J connectivity index is 1.75. The normalized spacial score (nSPS) is 14.6. The van der Waals surface area contributed by atoms with Crippen LogP contribution in [0.5, 0.6) is 5.75 Å². The van der Waals surface area contributed by atoms with Gasteiger partial charge in [-0.2, -0.15) is 4.37 Å². The molecule has 1 aromatic carbocycles. The molecule has 1 fully saturated rings. The quantitative estimate of drug-likeness (QED) is 0.353. The fraction of sp³-hybridized carbons (Fsp3) is 0.385. The molecule has 3 aromatic rings. The molecule has 11 heteroatoms. The summed E-state index contributed by atoms with van der Waals surface area (Å²) in [5, 5.41) is 5.10. The number of thiophene rings is 1. The van der Waals surface area contributed by atoms with Crippen LogP contribution in [-0.2, 0) is 11.3 Å². The molecule has 2 aromatic heterocycles. The summed E-state index contributed by atoms with van der Waals surface area (Å²) in [6, 6.07) is 10.1. The number of nitrogen functional groups attached to an aromatic ring is 1. The molecule has 5 N–H and O–H groups in total. The molecule has 1 saturated carbocycles. The van der Waals surface area contributed by atoms with E-state index in [4.69, 9.17) is 16.2 Å². The first-order valence-electron chi connectivity index (χ1n) is 12.3. The minimum atomic E-state index is -0.939. The first-order valence-corrected chi connectivity index (χ1v) is 14.0. The van der Waals surface area contributed by atoms with Crippen molar-refractivity contribution in [1.82, 2.24) is 14.6 Å². The van der Waals surface area contributed by atoms with E-state index in [9.17, 15) is 14.4 Å². The molecule has 0 radical (unpaired) electrons. The first kappa shape index (κ1) is 26.6. The van der Waals surface area contributed by atoms with Crippen molar-refractivity contribution >= 4 is 46.3 Å². The highest BCUT2D eigenvalue weighted by molar-refractivity contribution is 7.10. The maximum absolute atomic E-state index is 14.0. The van der Waals surface area contributed by atoms with Gasteiger partial charge in [-0.25, -0.2) is 0 Å². The number of hydrogen-bond donors (Lipinski definition) is 3. The molecule has 0 bridgehead atoms. The Morgan fingerprint density at radius 1 is 1.16 bits per heavy atom. The van der Waals surface area contributed by atoms with E-state index in [2.05, 4.69) is 9.69 Å². The van der Waals surface area contributed by atoms with E-state index in [1.807, 2.05) is 24.4 Å². The van der Waals surface area contributed by atoms with Crippen LogP contribution >= 0.6 is 22.9 Å². The molecule has 0 saturated heterocycles. The van der Waals surface area contributed by atoms with Gasteiger partial charge in [0.25, 0.3) is 11.8 Å². The minimum Gasteiger partial charge on any atom is -0.494 e. The lowest BCUT2D eigenvalue weighted by molar-refractivity contribution is -0.127. The molecular formula is C26H31N5O4S2. The van der Waals surface area contributed by atoms with Gasteiger partial charge in [-0.15, -0.1) is 11.3 Å². The Hall–Kier alpha value is -3.44. The number of nitrogens with zero attached hydrogens (tertiary/aromatic N) is 2. The number of rotatable bonds is 10. The highest BCUT2D eigenvalue weighted by atomic mass is 32.1. The summed E-state index contributed by atoms with van der Waals surface area (Å²) in [5.74, 6) is -0.893. The molecule has 1 atom stereocenters. The molecule has 0 unspecified atom stereocenters. The molecule has 4 rings (SSSR count). The van der Waals surface area contributed by atoms with Crippen LogP contribution in [0.4, 0.5) is 5.69 Å². The zero-order valence-electron chi connectivity index (χ0n) is 20.6. The number of nitrogens with two attached hydrogens (primary N) is 2. The second-order valence-corrected chi connectivity index (χ2v) is 10.7. The number of aromatic nitrogens is 1. The van der Waals surface area contributed by atoms with Gasteiger partial charge in [0.05, 0.1) is 18.8 Å². The number of carbonyl (C=O) groups excluding carboxylic acids is 3. The van der Waals surface area contributed by atoms with E-state index < -0.39 is 17.9 Å². The number of primary amides is 1. The third kappa shape index (κ3) is 6.28. The van der Waals surface area contributed by atoms with Crippen LogP contribution in [0.15, 0.2) is 41.8 Å². The fourth-order valence-electron chi connectivity index (χ4n) is 4.52. The molecule has 1 aliphatic rings. The van der Waals surface area contributed by atoms with Gasteiger partial charge in [0.1, 0.15) is 16.7 Å². The number of carbonyl (C=O) groups is 3. The minimum absolute atomic E-state index is 0.0556. The van der Waals surface area contributed by atoms with Gasteiger partial charge < -0.3 is 26.4 Å². The number of ether oxygens (including phenoxy) is 1. The van der Waals surface area contributed by atoms with E-state index in [-0.39, 0.29) is 34.8 Å². The van der Waals surface area contributed by atoms with Crippen molar-refractivity contribution in [2.75, 3.05) is 12.3 Å². The monoisotopic (exact) mass is 541 g/mol. The number of amides is 3. The van der Waals surface area contributed by atoms with Crippen LogP contribution in [0, 0.1) is 0 Å². The Bertz CT molecular complexity index is 1220. The second kappa shape index (κ2) is 12.2. The van der Waals surface area contributed by atoms with Gasteiger partial charge in [-0.3, -0.25) is 14.4 Å². The summed E-state index contributed by atoms with van der Waals surface area (Å²) in [6.07, 6.45) is 5.09. The van der Waals surface area contributed by atoms with Gasteiger partial charge in [-0.1, -0.05) is 37.5 Å². The summed E-state index contributed by atoms with van der Waals surface area (Å²) in [4.78, 5) is 42.1. The molecule has 37 heavy (non-hydrogen) atoms. The highest BCUT2D eigenvalue weighted by Crippen LogP contribution is 2.32. The average Bonchev–Trinajstić information content (AvgIpc) is 3.54. The van der Waals surface area contributed by atoms with E-state index in [1.165, 1.54) is 16.2 Å². The maximum atomic E-state index is 14.0. The van der Waals surface area contributed by atoms with Crippen molar-refractivity contribution in [1.29, 1.82) is 0 Å². The summed E-state index contributed by atoms with van der Waals surface area (Å²) in [5.41, 5.74) is 11.9. The molecular weight excluding hydrogens is 510 g/mol. The highest BCUT2D eigenvalue weighted by Gasteiger charge is 2.36. The zero-order valence-corrected chi connectivity index (χ0v) is 22.3. The van der Waals surface area contributed by atoms with Crippen LogP contribution in [0.3, 0.4) is 0 Å². The largest absolute Gasteiger partial charge is 0.494 e. The van der Waals surface area contributed by atoms with E-state index in [1.54, 1.807) is 24.3 Å². The predicted molar refractivity (Wildman–Crippen MR) is 145 cm³/mol. The van der Waals surface area contributed by atoms with Gasteiger partial charge in [0.15, 0.2) is 5.69 Å².